The van der Waals surface area contributed by atoms with Crippen molar-refractivity contribution in [2.45, 2.75) is 46.3 Å². The predicted octanol–water partition coefficient (Wildman–Crippen LogP) is 1.34. The summed E-state index contributed by atoms with van der Waals surface area (Å²) < 4.78 is 10.4. The molecular formula is C11H23NO3. The van der Waals surface area contributed by atoms with Gasteiger partial charge in [0.2, 0.25) is 0 Å². The van der Waals surface area contributed by atoms with Gasteiger partial charge in [0.15, 0.2) is 0 Å². The van der Waals surface area contributed by atoms with E-state index in [1.54, 1.807) is 6.92 Å². The van der Waals surface area contributed by atoms with E-state index in [1.165, 1.54) is 0 Å². The van der Waals surface area contributed by atoms with Gasteiger partial charge in [-0.2, -0.15) is 0 Å². The number of hydrogen-bond donors (Lipinski definition) is 1. The van der Waals surface area contributed by atoms with Gasteiger partial charge in [0, 0.05) is 13.2 Å². The molecule has 0 aliphatic carbocycles. The summed E-state index contributed by atoms with van der Waals surface area (Å²) in [6.07, 6.45) is 0. The third-order valence-corrected chi connectivity index (χ3v) is 1.66. The molecule has 0 aromatic rings. The normalized spacial score (nSPS) is 13.7. The minimum atomic E-state index is -0.424. The van der Waals surface area contributed by atoms with Crippen molar-refractivity contribution in [2.24, 2.45) is 0 Å². The Morgan fingerprint density at radius 2 is 2.00 bits per heavy atom. The number of nitrogens with one attached hydrogen (secondary N) is 1. The molecule has 1 N–H and O–H groups in total. The maximum absolute atomic E-state index is 11.5. The van der Waals surface area contributed by atoms with E-state index < -0.39 is 5.60 Å². The first-order chi connectivity index (χ1) is 6.87. The van der Waals surface area contributed by atoms with E-state index in [0.29, 0.717) is 19.8 Å². The molecule has 0 aromatic heterocycles. The first-order valence-electron chi connectivity index (χ1n) is 5.41. The van der Waals surface area contributed by atoms with Crippen LogP contribution < -0.4 is 5.32 Å². The van der Waals surface area contributed by atoms with Gasteiger partial charge in [0.05, 0.1) is 6.61 Å². The van der Waals surface area contributed by atoms with Crippen LogP contribution in [0.3, 0.4) is 0 Å². The lowest BCUT2D eigenvalue weighted by atomic mass is 10.2. The summed E-state index contributed by atoms with van der Waals surface area (Å²) >= 11 is 0. The molecule has 1 unspecified atom stereocenters. The van der Waals surface area contributed by atoms with Crippen molar-refractivity contribution in [3.63, 3.8) is 0 Å². The number of carbonyl (C=O) groups is 1. The summed E-state index contributed by atoms with van der Waals surface area (Å²) in [5, 5.41) is 3.04. The lowest BCUT2D eigenvalue weighted by Crippen LogP contribution is -2.40. The molecule has 90 valence electrons. The molecule has 0 fully saturated rings. The van der Waals surface area contributed by atoms with Crippen LogP contribution in [-0.2, 0) is 14.3 Å². The van der Waals surface area contributed by atoms with Gasteiger partial charge < -0.3 is 14.8 Å². The zero-order valence-electron chi connectivity index (χ0n) is 10.4. The van der Waals surface area contributed by atoms with E-state index in [9.17, 15) is 4.79 Å². The van der Waals surface area contributed by atoms with Crippen molar-refractivity contribution < 1.29 is 14.3 Å². The molecule has 1 atom stereocenters. The van der Waals surface area contributed by atoms with Gasteiger partial charge >= 0.3 is 5.97 Å². The molecule has 0 radical (unpaired) electrons. The maximum atomic E-state index is 11.5. The number of esters is 1. The number of carbonyl (C=O) groups excluding carboxylic acids is 1. The van der Waals surface area contributed by atoms with Crippen LogP contribution in [-0.4, -0.2) is 37.4 Å². The molecule has 0 bridgehead atoms. The predicted molar refractivity (Wildman–Crippen MR) is 59.8 cm³/mol. The van der Waals surface area contributed by atoms with Gasteiger partial charge in [0.25, 0.3) is 0 Å². The van der Waals surface area contributed by atoms with Crippen LogP contribution in [0.25, 0.3) is 0 Å². The second-order valence-corrected chi connectivity index (χ2v) is 4.41. The lowest BCUT2D eigenvalue weighted by molar-refractivity contribution is -0.157. The number of hydrogen-bond acceptors (Lipinski definition) is 4. The van der Waals surface area contributed by atoms with Crippen molar-refractivity contribution in [2.75, 3.05) is 19.8 Å². The first kappa shape index (κ1) is 14.4. The summed E-state index contributed by atoms with van der Waals surface area (Å²) in [5.41, 5.74) is -0.424. The zero-order chi connectivity index (χ0) is 11.9. The minimum absolute atomic E-state index is 0.223. The highest BCUT2D eigenvalue weighted by atomic mass is 16.6. The quantitative estimate of drug-likeness (QED) is 0.539. The van der Waals surface area contributed by atoms with Crippen molar-refractivity contribution in [3.8, 4) is 0 Å². The molecule has 0 aliphatic heterocycles. The molecular weight excluding hydrogens is 194 g/mol. The molecule has 15 heavy (non-hydrogen) atoms. The summed E-state index contributed by atoms with van der Waals surface area (Å²) in [6, 6.07) is -0.287. The third kappa shape index (κ3) is 8.39. The Labute approximate surface area is 92.3 Å². The molecule has 0 spiro atoms. The maximum Gasteiger partial charge on any atom is 0.323 e. The van der Waals surface area contributed by atoms with Crippen LogP contribution in [0.1, 0.15) is 34.6 Å². The highest BCUT2D eigenvalue weighted by Gasteiger charge is 2.20. The molecule has 0 aliphatic rings. The second-order valence-electron chi connectivity index (χ2n) is 4.41. The van der Waals surface area contributed by atoms with Crippen molar-refractivity contribution in [3.05, 3.63) is 0 Å². The molecule has 4 nitrogen and oxygen atoms in total. The monoisotopic (exact) mass is 217 g/mol. The van der Waals surface area contributed by atoms with Crippen molar-refractivity contribution in [1.29, 1.82) is 0 Å². The van der Waals surface area contributed by atoms with E-state index in [0.717, 1.165) is 0 Å². The highest BCUT2D eigenvalue weighted by molar-refractivity contribution is 5.75. The Bertz CT molecular complexity index is 187. The molecule has 0 saturated heterocycles. The van der Waals surface area contributed by atoms with E-state index in [1.807, 2.05) is 27.7 Å². The molecule has 4 heteroatoms. The van der Waals surface area contributed by atoms with Gasteiger partial charge in [-0.1, -0.05) is 0 Å². The SMILES string of the molecule is CCOCCNC(C)C(=O)OC(C)(C)C. The van der Waals surface area contributed by atoms with Crippen molar-refractivity contribution in [1.82, 2.24) is 5.32 Å². The fourth-order valence-electron chi connectivity index (χ4n) is 0.965. The Kier molecular flexibility index (Phi) is 6.52. The number of rotatable bonds is 6. The van der Waals surface area contributed by atoms with Gasteiger partial charge in [-0.15, -0.1) is 0 Å². The summed E-state index contributed by atoms with van der Waals surface area (Å²) in [5.74, 6) is -0.223. The average molecular weight is 217 g/mol. The molecule has 0 heterocycles. The van der Waals surface area contributed by atoms with Gasteiger partial charge in [0.1, 0.15) is 11.6 Å². The molecule has 0 saturated carbocycles. The van der Waals surface area contributed by atoms with Crippen LogP contribution in [0.5, 0.6) is 0 Å². The third-order valence-electron chi connectivity index (χ3n) is 1.66. The smallest absolute Gasteiger partial charge is 0.323 e. The van der Waals surface area contributed by atoms with Crippen LogP contribution in [0.4, 0.5) is 0 Å². The van der Waals surface area contributed by atoms with E-state index >= 15 is 0 Å². The van der Waals surface area contributed by atoms with E-state index in [2.05, 4.69) is 5.32 Å². The zero-order valence-corrected chi connectivity index (χ0v) is 10.4. The second kappa shape index (κ2) is 6.80. The summed E-state index contributed by atoms with van der Waals surface area (Å²) in [4.78, 5) is 11.5. The van der Waals surface area contributed by atoms with Gasteiger partial charge in [-0.25, -0.2) is 0 Å². The summed E-state index contributed by atoms with van der Waals surface area (Å²) in [7, 11) is 0. The van der Waals surface area contributed by atoms with Crippen LogP contribution >= 0.6 is 0 Å². The highest BCUT2D eigenvalue weighted by Crippen LogP contribution is 2.07. The van der Waals surface area contributed by atoms with Crippen molar-refractivity contribution >= 4 is 5.97 Å². The van der Waals surface area contributed by atoms with E-state index in [4.69, 9.17) is 9.47 Å². The fourth-order valence-corrected chi connectivity index (χ4v) is 0.965. The average Bonchev–Trinajstić information content (AvgIpc) is 2.09. The summed E-state index contributed by atoms with van der Waals surface area (Å²) in [6.45, 7) is 11.3. The standard InChI is InChI=1S/C11H23NO3/c1-6-14-8-7-12-9(2)10(13)15-11(3,4)5/h9,12H,6-8H2,1-5H3. The van der Waals surface area contributed by atoms with Crippen LogP contribution in [0, 0.1) is 0 Å². The molecule has 0 rings (SSSR count). The Balaban J connectivity index is 3.70. The van der Waals surface area contributed by atoms with Crippen LogP contribution in [0.15, 0.2) is 0 Å². The number of ether oxygens (including phenoxy) is 2. The molecule has 0 aromatic carbocycles. The Hall–Kier alpha value is -0.610. The largest absolute Gasteiger partial charge is 0.459 e. The van der Waals surface area contributed by atoms with Gasteiger partial charge in [-0.05, 0) is 34.6 Å². The topological polar surface area (TPSA) is 47.6 Å². The van der Waals surface area contributed by atoms with Gasteiger partial charge in [-0.3, -0.25) is 4.79 Å². The fraction of sp³-hybridized carbons (Fsp3) is 0.909. The Morgan fingerprint density at radius 1 is 1.40 bits per heavy atom. The van der Waals surface area contributed by atoms with Crippen LogP contribution in [0.2, 0.25) is 0 Å². The lowest BCUT2D eigenvalue weighted by Gasteiger charge is -2.22. The first-order valence-corrected chi connectivity index (χ1v) is 5.41. The van der Waals surface area contributed by atoms with E-state index in [-0.39, 0.29) is 12.0 Å². The Morgan fingerprint density at radius 3 is 2.47 bits per heavy atom. The minimum Gasteiger partial charge on any atom is -0.459 e. The molecule has 0 amide bonds.